The molecule has 0 saturated heterocycles. The lowest BCUT2D eigenvalue weighted by Crippen LogP contribution is -2.47. The van der Waals surface area contributed by atoms with Gasteiger partial charge in [0.1, 0.15) is 5.75 Å². The van der Waals surface area contributed by atoms with E-state index in [0.29, 0.717) is 33.1 Å². The number of carbonyl (C=O) groups is 2. The van der Waals surface area contributed by atoms with Crippen LogP contribution in [-0.4, -0.2) is 33.8 Å². The van der Waals surface area contributed by atoms with Gasteiger partial charge in [0.2, 0.25) is 6.17 Å². The first-order valence-electron chi connectivity index (χ1n) is 13.3. The summed E-state index contributed by atoms with van der Waals surface area (Å²) in [6, 6.07) is 33.1. The van der Waals surface area contributed by atoms with Gasteiger partial charge in [0.25, 0.3) is 11.8 Å². The fraction of sp³-hybridized carbons (Fsp3) is 0.0588. The molecule has 0 bridgehead atoms. The van der Waals surface area contributed by atoms with E-state index < -0.39 is 18.0 Å². The number of phenolic OH excluding ortho intramolecular Hbond substituents is 1. The topological polar surface area (TPSA) is 94.9 Å². The Hall–Kier alpha value is -5.27. The number of aromatic hydroxyl groups is 1. The summed E-state index contributed by atoms with van der Waals surface area (Å²) in [6.45, 7) is 0.236. The van der Waals surface area contributed by atoms with Crippen LogP contribution in [0.4, 0.5) is 5.69 Å². The predicted molar refractivity (Wildman–Crippen MR) is 164 cm³/mol. The molecule has 2 heterocycles. The molecule has 2 N–H and O–H groups in total. The second-order valence-electron chi connectivity index (χ2n) is 9.79. The zero-order valence-electron chi connectivity index (χ0n) is 22.3. The van der Waals surface area contributed by atoms with Gasteiger partial charge < -0.3 is 15.3 Å². The van der Waals surface area contributed by atoms with Crippen molar-refractivity contribution in [1.29, 1.82) is 0 Å². The van der Waals surface area contributed by atoms with Gasteiger partial charge in [0, 0.05) is 28.5 Å². The number of carbonyl (C=O) groups excluding carboxylic acids is 2. The number of aromatic nitrogens is 1. The number of anilines is 1. The van der Waals surface area contributed by atoms with Gasteiger partial charge in [-0.1, -0.05) is 66.2 Å². The van der Waals surface area contributed by atoms with Gasteiger partial charge in [-0.25, -0.2) is 4.99 Å². The van der Waals surface area contributed by atoms with Crippen molar-refractivity contribution in [1.82, 2.24) is 10.3 Å². The second kappa shape index (κ2) is 11.7. The Morgan fingerprint density at radius 1 is 0.857 bits per heavy atom. The Balaban J connectivity index is 1.42. The molecule has 0 spiro atoms. The predicted octanol–water partition coefficient (Wildman–Crippen LogP) is 6.25. The van der Waals surface area contributed by atoms with Crippen LogP contribution in [0.15, 0.2) is 127 Å². The molecule has 0 radical (unpaired) electrons. The van der Waals surface area contributed by atoms with Gasteiger partial charge in [0.05, 0.1) is 23.5 Å². The number of aliphatic imine (C=N–C) groups is 1. The van der Waals surface area contributed by atoms with Crippen LogP contribution in [0.3, 0.4) is 0 Å². The van der Waals surface area contributed by atoms with Crippen LogP contribution in [0.25, 0.3) is 11.1 Å². The smallest absolute Gasteiger partial charge is 0.272 e. The molecule has 0 aliphatic carbocycles. The van der Waals surface area contributed by atoms with Crippen LogP contribution in [0.5, 0.6) is 5.75 Å². The molecule has 1 aliphatic heterocycles. The lowest BCUT2D eigenvalue weighted by Gasteiger charge is -2.26. The molecule has 7 nitrogen and oxygen atoms in total. The molecule has 1 aromatic heterocycles. The third-order valence-electron chi connectivity index (χ3n) is 7.00. The first kappa shape index (κ1) is 26.9. The van der Waals surface area contributed by atoms with Gasteiger partial charge in [-0.05, 0) is 71.3 Å². The SMILES string of the molecule is O=C(NC1N=C(c2ccc(O)cc2)c2cc(Cl)ccc2N(Cc2ccc(-c3ccccc3)cc2)C1=O)c1cccnc1. The highest BCUT2D eigenvalue weighted by atomic mass is 35.5. The summed E-state index contributed by atoms with van der Waals surface area (Å²) in [6.07, 6.45) is 1.76. The molecule has 1 aliphatic rings. The molecule has 0 saturated carbocycles. The van der Waals surface area contributed by atoms with Crippen molar-refractivity contribution in [2.24, 2.45) is 4.99 Å². The molecule has 5 aromatic rings. The molecule has 1 unspecified atom stereocenters. The third kappa shape index (κ3) is 5.64. The lowest BCUT2D eigenvalue weighted by molar-refractivity contribution is -0.120. The lowest BCUT2D eigenvalue weighted by atomic mass is 9.99. The molecule has 4 aromatic carbocycles. The average Bonchev–Trinajstić information content (AvgIpc) is 3.13. The quantitative estimate of drug-likeness (QED) is 0.251. The van der Waals surface area contributed by atoms with Crippen LogP contribution >= 0.6 is 11.6 Å². The van der Waals surface area contributed by atoms with Crippen LogP contribution < -0.4 is 10.2 Å². The first-order valence-corrected chi connectivity index (χ1v) is 13.7. The Morgan fingerprint density at radius 2 is 1.57 bits per heavy atom. The second-order valence-corrected chi connectivity index (χ2v) is 10.2. The number of nitrogens with zero attached hydrogens (tertiary/aromatic N) is 3. The van der Waals surface area contributed by atoms with Crippen LogP contribution in [0.2, 0.25) is 5.02 Å². The van der Waals surface area contributed by atoms with Crippen molar-refractivity contribution in [3.63, 3.8) is 0 Å². The summed E-state index contributed by atoms with van der Waals surface area (Å²) < 4.78 is 0. The summed E-state index contributed by atoms with van der Waals surface area (Å²) in [5, 5.41) is 13.2. The molecule has 42 heavy (non-hydrogen) atoms. The van der Waals surface area contributed by atoms with Crippen molar-refractivity contribution >= 4 is 34.8 Å². The number of benzene rings is 4. The number of hydrogen-bond donors (Lipinski definition) is 2. The molecule has 0 fully saturated rings. The van der Waals surface area contributed by atoms with E-state index in [1.54, 1.807) is 65.7 Å². The number of phenols is 1. The third-order valence-corrected chi connectivity index (χ3v) is 7.23. The number of benzodiazepines with no additional fused rings is 1. The van der Waals surface area contributed by atoms with Crippen molar-refractivity contribution in [2.75, 3.05) is 4.90 Å². The first-order chi connectivity index (χ1) is 20.5. The van der Waals surface area contributed by atoms with E-state index in [-0.39, 0.29) is 12.3 Å². The number of pyridine rings is 1. The highest BCUT2D eigenvalue weighted by Gasteiger charge is 2.33. The fourth-order valence-electron chi connectivity index (χ4n) is 4.88. The maximum atomic E-state index is 14.2. The minimum Gasteiger partial charge on any atom is -0.508 e. The Kier molecular flexibility index (Phi) is 7.49. The number of fused-ring (bicyclic) bond motifs is 1. The van der Waals surface area contributed by atoms with Gasteiger partial charge in [-0.15, -0.1) is 0 Å². The van der Waals surface area contributed by atoms with Crippen molar-refractivity contribution < 1.29 is 14.7 Å². The molecule has 1 atom stereocenters. The summed E-state index contributed by atoms with van der Waals surface area (Å²) >= 11 is 6.45. The van der Waals surface area contributed by atoms with Gasteiger partial charge in [0.15, 0.2) is 0 Å². The summed E-state index contributed by atoms with van der Waals surface area (Å²) in [5.74, 6) is -0.791. The van der Waals surface area contributed by atoms with Crippen molar-refractivity contribution in [3.8, 4) is 16.9 Å². The molecule has 8 heteroatoms. The summed E-state index contributed by atoms with van der Waals surface area (Å²) in [4.78, 5) is 37.8. The van der Waals surface area contributed by atoms with Crippen LogP contribution in [-0.2, 0) is 11.3 Å². The van der Waals surface area contributed by atoms with E-state index in [4.69, 9.17) is 16.6 Å². The van der Waals surface area contributed by atoms with Gasteiger partial charge >= 0.3 is 0 Å². The number of halogens is 1. The zero-order valence-corrected chi connectivity index (χ0v) is 23.1. The van der Waals surface area contributed by atoms with Crippen molar-refractivity contribution in [3.05, 3.63) is 149 Å². The van der Waals surface area contributed by atoms with E-state index in [1.165, 1.54) is 6.20 Å². The maximum absolute atomic E-state index is 14.2. The summed E-state index contributed by atoms with van der Waals surface area (Å²) in [7, 11) is 0. The number of amides is 2. The number of nitrogens with one attached hydrogen (secondary N) is 1. The molecular weight excluding hydrogens is 548 g/mol. The average molecular weight is 573 g/mol. The van der Waals surface area contributed by atoms with Crippen LogP contribution in [0, 0.1) is 0 Å². The minimum absolute atomic E-state index is 0.0948. The Bertz CT molecular complexity index is 1770. The van der Waals surface area contributed by atoms with E-state index in [9.17, 15) is 14.7 Å². The largest absolute Gasteiger partial charge is 0.508 e. The number of rotatable bonds is 6. The van der Waals surface area contributed by atoms with E-state index in [1.807, 2.05) is 54.6 Å². The molecule has 6 rings (SSSR count). The Labute approximate surface area is 247 Å². The minimum atomic E-state index is -1.24. The fourth-order valence-corrected chi connectivity index (χ4v) is 5.05. The zero-order chi connectivity index (χ0) is 29.1. The van der Waals surface area contributed by atoms with E-state index in [0.717, 1.165) is 16.7 Å². The highest BCUT2D eigenvalue weighted by molar-refractivity contribution is 6.32. The van der Waals surface area contributed by atoms with Gasteiger partial charge in [-0.3, -0.25) is 14.6 Å². The molecule has 2 amide bonds. The highest BCUT2D eigenvalue weighted by Crippen LogP contribution is 2.32. The normalized spacial score (nSPS) is 14.5. The number of hydrogen-bond acceptors (Lipinski definition) is 5. The van der Waals surface area contributed by atoms with Crippen molar-refractivity contribution in [2.45, 2.75) is 12.7 Å². The summed E-state index contributed by atoms with van der Waals surface area (Å²) in [5.41, 5.74) is 5.70. The monoisotopic (exact) mass is 572 g/mol. The van der Waals surface area contributed by atoms with E-state index >= 15 is 0 Å². The van der Waals surface area contributed by atoms with Crippen LogP contribution in [0.1, 0.15) is 27.0 Å². The van der Waals surface area contributed by atoms with E-state index in [2.05, 4.69) is 10.3 Å². The Morgan fingerprint density at radius 3 is 2.29 bits per heavy atom. The maximum Gasteiger partial charge on any atom is 0.272 e. The molecule has 206 valence electrons. The van der Waals surface area contributed by atoms with Gasteiger partial charge in [-0.2, -0.15) is 0 Å². The molecular formula is C34H25ClN4O3. The standard InChI is InChI=1S/C34H25ClN4O3/c35-27-14-17-30-29(19-27)31(25-12-15-28(40)16-13-25)37-32(38-33(41)26-7-4-18-36-20-26)34(42)39(30)21-22-8-10-24(11-9-22)23-5-2-1-3-6-23/h1-20,32,40H,21H2,(H,38,41).